The lowest BCUT2D eigenvalue weighted by atomic mass is 10.1. The number of aryl methyl sites for hydroxylation is 1. The van der Waals surface area contributed by atoms with E-state index < -0.39 is 28.5 Å². The van der Waals surface area contributed by atoms with Gasteiger partial charge >= 0.3 is 0 Å². The minimum Gasteiger partial charge on any atom is -0.354 e. The molecule has 11 heteroatoms. The topological polar surface area (TPSA) is 86.8 Å². The van der Waals surface area contributed by atoms with Gasteiger partial charge in [-0.1, -0.05) is 71.6 Å². The second-order valence-electron chi connectivity index (χ2n) is 9.07. The third-order valence-electron chi connectivity index (χ3n) is 5.98. The Morgan fingerprint density at radius 3 is 2.15 bits per heavy atom. The van der Waals surface area contributed by atoms with Gasteiger partial charge in [0.25, 0.3) is 10.0 Å². The van der Waals surface area contributed by atoms with E-state index in [0.717, 1.165) is 16.3 Å². The molecule has 0 saturated carbocycles. The van der Waals surface area contributed by atoms with Crippen LogP contribution in [0.2, 0.25) is 15.1 Å². The molecule has 2 amide bonds. The number of hydrogen-bond acceptors (Lipinski definition) is 4. The van der Waals surface area contributed by atoms with E-state index in [1.807, 2.05) is 13.8 Å². The molecule has 0 fully saturated rings. The van der Waals surface area contributed by atoms with Gasteiger partial charge in [0.15, 0.2) is 0 Å². The fourth-order valence-electron chi connectivity index (χ4n) is 3.86. The monoisotopic (exact) mass is 609 g/mol. The molecule has 1 atom stereocenters. The molecule has 3 aromatic rings. The highest BCUT2D eigenvalue weighted by Gasteiger charge is 2.32. The summed E-state index contributed by atoms with van der Waals surface area (Å²) >= 11 is 18.6. The van der Waals surface area contributed by atoms with Gasteiger partial charge in [0.1, 0.15) is 12.6 Å². The number of hydrogen-bond donors (Lipinski definition) is 1. The molecule has 7 nitrogen and oxygen atoms in total. The number of sulfonamides is 1. The number of halogens is 3. The first kappa shape index (κ1) is 30.8. The minimum atomic E-state index is -4.23. The minimum absolute atomic E-state index is 0.00729. The summed E-state index contributed by atoms with van der Waals surface area (Å²) < 4.78 is 28.6. The van der Waals surface area contributed by atoms with E-state index in [1.54, 1.807) is 43.3 Å². The van der Waals surface area contributed by atoms with E-state index in [2.05, 4.69) is 5.32 Å². The van der Waals surface area contributed by atoms with Crippen LogP contribution in [0.1, 0.15) is 31.4 Å². The lowest BCUT2D eigenvalue weighted by Gasteiger charge is -2.32. The van der Waals surface area contributed by atoms with Gasteiger partial charge in [0, 0.05) is 28.2 Å². The molecule has 0 aliphatic carbocycles. The standard InChI is InChI=1S/C28H30Cl3N3O4S/c1-4-12-32-28(36)20(3)33(17-21-6-5-7-22(29)13-21)27(35)18-34(25-15-23(30)14-24(31)16-25)39(37,38)26-10-8-19(2)9-11-26/h5-11,13-16,20H,4,12,17-18H2,1-3H3,(H,32,36)/t20-/m0/s1. The summed E-state index contributed by atoms with van der Waals surface area (Å²) in [6, 6.07) is 16.6. The van der Waals surface area contributed by atoms with E-state index in [1.165, 1.54) is 35.2 Å². The fraction of sp³-hybridized carbons (Fsp3) is 0.286. The Labute approximate surface area is 244 Å². The number of benzene rings is 3. The van der Waals surface area contributed by atoms with Crippen molar-refractivity contribution in [1.82, 2.24) is 10.2 Å². The average molecular weight is 611 g/mol. The number of carbonyl (C=O) groups excluding carboxylic acids is 2. The van der Waals surface area contributed by atoms with Crippen LogP contribution < -0.4 is 9.62 Å². The Morgan fingerprint density at radius 2 is 1.56 bits per heavy atom. The molecule has 0 spiro atoms. The molecule has 3 aromatic carbocycles. The van der Waals surface area contributed by atoms with Crippen LogP contribution in [0.3, 0.4) is 0 Å². The second-order valence-corrected chi connectivity index (χ2v) is 12.2. The summed E-state index contributed by atoms with van der Waals surface area (Å²) in [5, 5.41) is 3.68. The number of nitrogens with one attached hydrogen (secondary N) is 1. The van der Waals surface area contributed by atoms with Crippen LogP contribution in [-0.2, 0) is 26.2 Å². The summed E-state index contributed by atoms with van der Waals surface area (Å²) in [4.78, 5) is 28.1. The summed E-state index contributed by atoms with van der Waals surface area (Å²) in [6.45, 7) is 5.24. The van der Waals surface area contributed by atoms with E-state index in [4.69, 9.17) is 34.8 Å². The third kappa shape index (κ3) is 8.11. The molecular weight excluding hydrogens is 581 g/mol. The van der Waals surface area contributed by atoms with Crippen molar-refractivity contribution in [2.24, 2.45) is 0 Å². The highest BCUT2D eigenvalue weighted by molar-refractivity contribution is 7.92. The van der Waals surface area contributed by atoms with E-state index >= 15 is 0 Å². The predicted octanol–water partition coefficient (Wildman–Crippen LogP) is 6.09. The molecule has 0 aromatic heterocycles. The van der Waals surface area contributed by atoms with Gasteiger partial charge in [-0.05, 0) is 68.3 Å². The van der Waals surface area contributed by atoms with Crippen molar-refractivity contribution in [3.63, 3.8) is 0 Å². The molecular formula is C28H30Cl3N3O4S. The lowest BCUT2D eigenvalue weighted by molar-refractivity contribution is -0.139. The number of nitrogens with zero attached hydrogens (tertiary/aromatic N) is 2. The smallest absolute Gasteiger partial charge is 0.264 e. The zero-order valence-electron chi connectivity index (χ0n) is 21.8. The zero-order valence-corrected chi connectivity index (χ0v) is 24.9. The number of anilines is 1. The van der Waals surface area contributed by atoms with Crippen molar-refractivity contribution in [2.75, 3.05) is 17.4 Å². The van der Waals surface area contributed by atoms with Crippen molar-refractivity contribution in [1.29, 1.82) is 0 Å². The maximum atomic E-state index is 13.9. The normalized spacial score (nSPS) is 12.1. The Balaban J connectivity index is 2.05. The second kappa shape index (κ2) is 13.5. The van der Waals surface area contributed by atoms with Crippen LogP contribution in [0.15, 0.2) is 71.6 Å². The maximum absolute atomic E-state index is 13.9. The first-order valence-electron chi connectivity index (χ1n) is 12.3. The van der Waals surface area contributed by atoms with Crippen molar-refractivity contribution < 1.29 is 18.0 Å². The van der Waals surface area contributed by atoms with Crippen LogP contribution in [-0.4, -0.2) is 44.3 Å². The molecule has 1 N–H and O–H groups in total. The van der Waals surface area contributed by atoms with Crippen LogP contribution in [0.5, 0.6) is 0 Å². The van der Waals surface area contributed by atoms with Gasteiger partial charge in [-0.3, -0.25) is 13.9 Å². The fourth-order valence-corrected chi connectivity index (χ4v) is 5.99. The van der Waals surface area contributed by atoms with Crippen molar-refractivity contribution >= 4 is 62.3 Å². The molecule has 0 unspecified atom stereocenters. The summed E-state index contributed by atoms with van der Waals surface area (Å²) in [5.41, 5.74) is 1.68. The van der Waals surface area contributed by atoms with Crippen molar-refractivity contribution in [3.8, 4) is 0 Å². The highest BCUT2D eigenvalue weighted by atomic mass is 35.5. The summed E-state index contributed by atoms with van der Waals surface area (Å²) in [5.74, 6) is -0.952. The summed E-state index contributed by atoms with van der Waals surface area (Å²) in [6.07, 6.45) is 0.721. The molecule has 0 aliphatic rings. The Hall–Kier alpha value is -2.78. The van der Waals surface area contributed by atoms with Gasteiger partial charge in [0.05, 0.1) is 10.6 Å². The molecule has 0 bridgehead atoms. The van der Waals surface area contributed by atoms with E-state index in [0.29, 0.717) is 17.1 Å². The first-order valence-corrected chi connectivity index (χ1v) is 14.9. The molecule has 0 saturated heterocycles. The Bertz CT molecular complexity index is 1410. The van der Waals surface area contributed by atoms with Crippen LogP contribution in [0, 0.1) is 6.92 Å². The van der Waals surface area contributed by atoms with Gasteiger partial charge < -0.3 is 10.2 Å². The summed E-state index contributed by atoms with van der Waals surface area (Å²) in [7, 11) is -4.23. The van der Waals surface area contributed by atoms with E-state index in [9.17, 15) is 18.0 Å². The molecule has 0 aliphatic heterocycles. The largest absolute Gasteiger partial charge is 0.354 e. The van der Waals surface area contributed by atoms with Gasteiger partial charge in [-0.25, -0.2) is 8.42 Å². The van der Waals surface area contributed by atoms with Gasteiger partial charge in [0.2, 0.25) is 11.8 Å². The highest BCUT2D eigenvalue weighted by Crippen LogP contribution is 2.30. The third-order valence-corrected chi connectivity index (χ3v) is 8.44. The number of rotatable bonds is 11. The first-order chi connectivity index (χ1) is 18.4. The molecule has 39 heavy (non-hydrogen) atoms. The average Bonchev–Trinajstić information content (AvgIpc) is 2.88. The molecule has 3 rings (SSSR count). The molecule has 208 valence electrons. The number of carbonyl (C=O) groups is 2. The van der Waals surface area contributed by atoms with Crippen molar-refractivity contribution in [3.05, 3.63) is 92.9 Å². The van der Waals surface area contributed by atoms with Crippen LogP contribution in [0.4, 0.5) is 5.69 Å². The van der Waals surface area contributed by atoms with Gasteiger partial charge in [-0.2, -0.15) is 0 Å². The SMILES string of the molecule is CCCNC(=O)[C@H](C)N(Cc1cccc(Cl)c1)C(=O)CN(c1cc(Cl)cc(Cl)c1)S(=O)(=O)c1ccc(C)cc1. The molecule has 0 heterocycles. The van der Waals surface area contributed by atoms with E-state index in [-0.39, 0.29) is 33.1 Å². The van der Waals surface area contributed by atoms with Crippen molar-refractivity contribution in [2.45, 2.75) is 44.7 Å². The predicted molar refractivity (Wildman–Crippen MR) is 157 cm³/mol. The molecule has 0 radical (unpaired) electrons. The zero-order chi connectivity index (χ0) is 28.7. The Morgan fingerprint density at radius 1 is 0.923 bits per heavy atom. The quantitative estimate of drug-likeness (QED) is 0.285. The van der Waals surface area contributed by atoms with Gasteiger partial charge in [-0.15, -0.1) is 0 Å². The van der Waals surface area contributed by atoms with Crippen LogP contribution in [0.25, 0.3) is 0 Å². The number of amides is 2. The van der Waals surface area contributed by atoms with Crippen LogP contribution >= 0.6 is 34.8 Å². The maximum Gasteiger partial charge on any atom is 0.264 e. The lowest BCUT2D eigenvalue weighted by Crippen LogP contribution is -2.51. The Kier molecular flexibility index (Phi) is 10.7.